The molecule has 1 heterocycles. The van der Waals surface area contributed by atoms with Crippen molar-refractivity contribution >= 4 is 23.0 Å². The molecule has 0 fully saturated rings. The number of nitrogens with zero attached hydrogens (tertiary/aromatic N) is 2. The first-order valence-corrected chi connectivity index (χ1v) is 8.68. The second-order valence-corrected chi connectivity index (χ2v) is 6.09. The van der Waals surface area contributed by atoms with Gasteiger partial charge in [-0.1, -0.05) is 36.4 Å². The van der Waals surface area contributed by atoms with Gasteiger partial charge in [-0.05, 0) is 30.7 Å². The van der Waals surface area contributed by atoms with Gasteiger partial charge < -0.3 is 9.84 Å². The monoisotopic (exact) mass is 348 g/mol. The summed E-state index contributed by atoms with van der Waals surface area (Å²) in [5.41, 5.74) is 3.11. The van der Waals surface area contributed by atoms with Crippen molar-refractivity contribution in [1.82, 2.24) is 4.98 Å². The summed E-state index contributed by atoms with van der Waals surface area (Å²) in [6, 6.07) is 17.1. The fourth-order valence-electron chi connectivity index (χ4n) is 2.34. The molecule has 2 aromatic carbocycles. The van der Waals surface area contributed by atoms with Crippen LogP contribution >= 0.6 is 11.3 Å². The topological polar surface area (TPSA) is 66.1 Å². The number of thiazole rings is 1. The Kier molecular flexibility index (Phi) is 5.12. The van der Waals surface area contributed by atoms with Gasteiger partial charge in [0.2, 0.25) is 0 Å². The summed E-state index contributed by atoms with van der Waals surface area (Å²) in [6.07, 6.45) is 1.75. The molecule has 3 rings (SSSR count). The number of aromatic nitrogens is 1. The maximum atomic E-state index is 9.78. The van der Waals surface area contributed by atoms with Gasteiger partial charge in [0.1, 0.15) is 11.1 Å². The van der Waals surface area contributed by atoms with Gasteiger partial charge in [0.15, 0.2) is 11.5 Å². The first-order chi connectivity index (χ1) is 12.2. The molecule has 5 heteroatoms. The molecule has 124 valence electrons. The molecular weight excluding hydrogens is 332 g/mol. The number of allylic oxidation sites excluding steroid dienone is 1. The number of hydrogen-bond donors (Lipinski definition) is 1. The Morgan fingerprint density at radius 1 is 1.28 bits per heavy atom. The second-order valence-electron chi connectivity index (χ2n) is 5.23. The molecule has 1 aromatic heterocycles. The van der Waals surface area contributed by atoms with Crippen molar-refractivity contribution in [3.8, 4) is 28.8 Å². The molecule has 0 spiro atoms. The van der Waals surface area contributed by atoms with Crippen LogP contribution < -0.4 is 4.74 Å². The summed E-state index contributed by atoms with van der Waals surface area (Å²) in [5.74, 6) is 0.482. The molecule has 0 aliphatic heterocycles. The molecule has 0 radical (unpaired) electrons. The molecule has 0 saturated carbocycles. The summed E-state index contributed by atoms with van der Waals surface area (Å²) in [5, 5.41) is 21.9. The third kappa shape index (κ3) is 3.87. The average molecular weight is 348 g/mol. The number of aromatic hydroxyl groups is 1. The van der Waals surface area contributed by atoms with Gasteiger partial charge in [0, 0.05) is 10.9 Å². The van der Waals surface area contributed by atoms with Gasteiger partial charge in [-0.2, -0.15) is 5.26 Å². The zero-order valence-corrected chi connectivity index (χ0v) is 14.5. The van der Waals surface area contributed by atoms with Gasteiger partial charge in [-0.25, -0.2) is 4.98 Å². The highest BCUT2D eigenvalue weighted by molar-refractivity contribution is 7.11. The number of rotatable bonds is 5. The molecule has 0 atom stereocenters. The lowest BCUT2D eigenvalue weighted by molar-refractivity contribution is 0.318. The van der Waals surface area contributed by atoms with Crippen LogP contribution in [0.25, 0.3) is 22.9 Å². The Labute approximate surface area is 150 Å². The molecular formula is C20H16N2O2S. The summed E-state index contributed by atoms with van der Waals surface area (Å²) < 4.78 is 5.38. The Morgan fingerprint density at radius 3 is 2.80 bits per heavy atom. The molecule has 1 N–H and O–H groups in total. The molecule has 0 aliphatic rings. The van der Waals surface area contributed by atoms with E-state index in [-0.39, 0.29) is 5.75 Å². The summed E-state index contributed by atoms with van der Waals surface area (Å²) in [4.78, 5) is 4.57. The standard InChI is InChI=1S/C20H16N2O2S/c1-2-24-19-11-14(8-9-18(19)23)10-16(12-21)20-22-17(13-25-20)15-6-4-3-5-7-15/h3-11,13,23H,2H2,1H3. The number of phenolic OH excluding ortho intramolecular Hbond substituents is 1. The third-order valence-electron chi connectivity index (χ3n) is 3.52. The van der Waals surface area contributed by atoms with Crippen molar-refractivity contribution in [3.63, 3.8) is 0 Å². The largest absolute Gasteiger partial charge is 0.504 e. The van der Waals surface area contributed by atoms with Gasteiger partial charge in [0.25, 0.3) is 0 Å². The SMILES string of the molecule is CCOc1cc(C=C(C#N)c2nc(-c3ccccc3)cs2)ccc1O. The highest BCUT2D eigenvalue weighted by Crippen LogP contribution is 2.30. The van der Waals surface area contributed by atoms with Crippen molar-refractivity contribution in [2.75, 3.05) is 6.61 Å². The van der Waals surface area contributed by atoms with E-state index in [1.165, 1.54) is 11.3 Å². The third-order valence-corrected chi connectivity index (χ3v) is 4.39. The predicted octanol–water partition coefficient (Wildman–Crippen LogP) is 4.98. The van der Waals surface area contributed by atoms with E-state index in [0.717, 1.165) is 16.8 Å². The number of nitriles is 1. The van der Waals surface area contributed by atoms with Crippen LogP contribution in [-0.4, -0.2) is 16.7 Å². The van der Waals surface area contributed by atoms with Crippen LogP contribution in [0.5, 0.6) is 11.5 Å². The van der Waals surface area contributed by atoms with Crippen molar-refractivity contribution in [2.24, 2.45) is 0 Å². The van der Waals surface area contributed by atoms with Crippen LogP contribution in [0.1, 0.15) is 17.5 Å². The Hall–Kier alpha value is -3.10. The maximum Gasteiger partial charge on any atom is 0.161 e. The smallest absolute Gasteiger partial charge is 0.161 e. The molecule has 0 unspecified atom stereocenters. The highest BCUT2D eigenvalue weighted by atomic mass is 32.1. The van der Waals surface area contributed by atoms with Crippen molar-refractivity contribution in [1.29, 1.82) is 5.26 Å². The van der Waals surface area contributed by atoms with Gasteiger partial charge >= 0.3 is 0 Å². The number of phenols is 1. The normalized spacial score (nSPS) is 11.1. The van der Waals surface area contributed by atoms with Crippen LogP contribution in [0.4, 0.5) is 0 Å². The van der Waals surface area contributed by atoms with Gasteiger partial charge in [0.05, 0.1) is 17.9 Å². The minimum Gasteiger partial charge on any atom is -0.504 e. The summed E-state index contributed by atoms with van der Waals surface area (Å²) in [6.45, 7) is 2.31. The molecule has 4 nitrogen and oxygen atoms in total. The Morgan fingerprint density at radius 2 is 2.08 bits per heavy atom. The summed E-state index contributed by atoms with van der Waals surface area (Å²) >= 11 is 1.43. The van der Waals surface area contributed by atoms with E-state index in [1.807, 2.05) is 42.6 Å². The quantitative estimate of drug-likeness (QED) is 0.661. The van der Waals surface area contributed by atoms with E-state index in [0.29, 0.717) is 22.9 Å². The Balaban J connectivity index is 1.93. The number of benzene rings is 2. The lowest BCUT2D eigenvalue weighted by atomic mass is 10.1. The van der Waals surface area contributed by atoms with E-state index in [2.05, 4.69) is 11.1 Å². The number of hydrogen-bond acceptors (Lipinski definition) is 5. The van der Waals surface area contributed by atoms with E-state index in [9.17, 15) is 10.4 Å². The minimum absolute atomic E-state index is 0.0816. The van der Waals surface area contributed by atoms with Crippen molar-refractivity contribution in [3.05, 3.63) is 64.5 Å². The Bertz CT molecular complexity index is 940. The zero-order chi connectivity index (χ0) is 17.6. The minimum atomic E-state index is 0.0816. The van der Waals surface area contributed by atoms with Crippen LogP contribution in [0.3, 0.4) is 0 Å². The van der Waals surface area contributed by atoms with E-state index >= 15 is 0 Å². The van der Waals surface area contributed by atoms with Gasteiger partial charge in [-0.15, -0.1) is 11.3 Å². The number of ether oxygens (including phenoxy) is 1. The summed E-state index contributed by atoms with van der Waals surface area (Å²) in [7, 11) is 0. The van der Waals surface area contributed by atoms with Crippen LogP contribution in [0.15, 0.2) is 53.9 Å². The zero-order valence-electron chi connectivity index (χ0n) is 13.6. The van der Waals surface area contributed by atoms with Gasteiger partial charge in [-0.3, -0.25) is 0 Å². The molecule has 0 amide bonds. The first-order valence-electron chi connectivity index (χ1n) is 7.80. The van der Waals surface area contributed by atoms with Crippen LogP contribution in [0, 0.1) is 11.3 Å². The fraction of sp³-hybridized carbons (Fsp3) is 0.100. The highest BCUT2D eigenvalue weighted by Gasteiger charge is 2.10. The fourth-order valence-corrected chi connectivity index (χ4v) is 3.13. The second kappa shape index (κ2) is 7.65. The first kappa shape index (κ1) is 16.7. The average Bonchev–Trinajstić information content (AvgIpc) is 3.13. The lowest BCUT2D eigenvalue weighted by Crippen LogP contribution is -1.92. The van der Waals surface area contributed by atoms with E-state index in [1.54, 1.807) is 24.3 Å². The predicted molar refractivity (Wildman–Crippen MR) is 100 cm³/mol. The molecule has 0 saturated heterocycles. The molecule has 0 aliphatic carbocycles. The van der Waals surface area contributed by atoms with Crippen molar-refractivity contribution < 1.29 is 9.84 Å². The van der Waals surface area contributed by atoms with Crippen molar-refractivity contribution in [2.45, 2.75) is 6.92 Å². The van der Waals surface area contributed by atoms with E-state index in [4.69, 9.17) is 4.74 Å². The molecule has 3 aromatic rings. The van der Waals surface area contributed by atoms with Crippen LogP contribution in [0.2, 0.25) is 0 Å². The lowest BCUT2D eigenvalue weighted by Gasteiger charge is -2.06. The van der Waals surface area contributed by atoms with Crippen LogP contribution in [-0.2, 0) is 0 Å². The molecule has 0 bridgehead atoms. The maximum absolute atomic E-state index is 9.78. The van der Waals surface area contributed by atoms with E-state index < -0.39 is 0 Å². The molecule has 25 heavy (non-hydrogen) atoms.